The Labute approximate surface area is 197 Å². The molecule has 0 fully saturated rings. The second kappa shape index (κ2) is 10.0. The van der Waals surface area contributed by atoms with Crippen LogP contribution >= 0.6 is 0 Å². The fraction of sp³-hybridized carbons (Fsp3) is 0.200. The van der Waals surface area contributed by atoms with Gasteiger partial charge in [0.05, 0.1) is 23.0 Å². The van der Waals surface area contributed by atoms with Crippen molar-refractivity contribution in [3.63, 3.8) is 0 Å². The number of hydrazone groups is 1. The largest absolute Gasteiger partial charge is 0.494 e. The molecular formula is C25H23FN2O5S. The number of sulfone groups is 1. The highest BCUT2D eigenvalue weighted by molar-refractivity contribution is 7.91. The molecule has 1 N–H and O–H groups in total. The summed E-state index contributed by atoms with van der Waals surface area (Å²) in [6.07, 6.45) is 0.0842. The molecule has 0 saturated carbocycles. The fourth-order valence-electron chi connectivity index (χ4n) is 3.49. The summed E-state index contributed by atoms with van der Waals surface area (Å²) in [6, 6.07) is 17.6. The highest BCUT2D eigenvalue weighted by atomic mass is 32.2. The maximum atomic E-state index is 13.7. The van der Waals surface area contributed by atoms with Crippen molar-refractivity contribution in [2.45, 2.75) is 24.8 Å². The van der Waals surface area contributed by atoms with E-state index in [1.54, 1.807) is 24.3 Å². The smallest absolute Gasteiger partial charge is 0.271 e. The molecule has 0 aromatic heterocycles. The van der Waals surface area contributed by atoms with Gasteiger partial charge >= 0.3 is 0 Å². The second-order valence-corrected chi connectivity index (χ2v) is 9.68. The van der Waals surface area contributed by atoms with Gasteiger partial charge in [-0.05, 0) is 67.1 Å². The van der Waals surface area contributed by atoms with Crippen molar-refractivity contribution in [3.05, 3.63) is 89.2 Å². The first-order valence-corrected chi connectivity index (χ1v) is 12.3. The van der Waals surface area contributed by atoms with Crippen molar-refractivity contribution in [3.8, 4) is 11.5 Å². The first-order chi connectivity index (χ1) is 16.4. The quantitative estimate of drug-likeness (QED) is 0.404. The van der Waals surface area contributed by atoms with Gasteiger partial charge in [-0.15, -0.1) is 0 Å². The number of halogens is 1. The molecule has 0 radical (unpaired) electrons. The van der Waals surface area contributed by atoms with E-state index in [0.717, 1.165) is 23.4 Å². The van der Waals surface area contributed by atoms with Crippen LogP contribution in [-0.4, -0.2) is 32.4 Å². The summed E-state index contributed by atoms with van der Waals surface area (Å²) < 4.78 is 49.3. The zero-order valence-corrected chi connectivity index (χ0v) is 19.3. The van der Waals surface area contributed by atoms with E-state index in [-0.39, 0.29) is 22.6 Å². The highest BCUT2D eigenvalue weighted by Gasteiger charge is 2.28. The normalized spacial score (nSPS) is 15.4. The topological polar surface area (TPSA) is 94.1 Å². The molecule has 0 aliphatic carbocycles. The Morgan fingerprint density at radius 3 is 2.35 bits per heavy atom. The van der Waals surface area contributed by atoms with Crippen molar-refractivity contribution in [1.29, 1.82) is 0 Å². The molecule has 3 aromatic carbocycles. The van der Waals surface area contributed by atoms with Gasteiger partial charge in [0, 0.05) is 17.5 Å². The van der Waals surface area contributed by atoms with E-state index in [2.05, 4.69) is 10.5 Å². The Morgan fingerprint density at radius 1 is 1.00 bits per heavy atom. The van der Waals surface area contributed by atoms with Crippen molar-refractivity contribution in [2.24, 2.45) is 5.10 Å². The summed E-state index contributed by atoms with van der Waals surface area (Å²) in [7, 11) is -3.50. The average Bonchev–Trinajstić information content (AvgIpc) is 2.83. The van der Waals surface area contributed by atoms with Crippen molar-refractivity contribution in [2.75, 3.05) is 12.4 Å². The Bertz CT molecular complexity index is 1320. The van der Waals surface area contributed by atoms with E-state index < -0.39 is 21.6 Å². The third kappa shape index (κ3) is 5.43. The van der Waals surface area contributed by atoms with E-state index in [4.69, 9.17) is 9.47 Å². The molecule has 0 unspecified atom stereocenters. The molecule has 7 nitrogen and oxygen atoms in total. The molecule has 9 heteroatoms. The zero-order chi connectivity index (χ0) is 24.1. The zero-order valence-electron chi connectivity index (χ0n) is 18.5. The van der Waals surface area contributed by atoms with Gasteiger partial charge in [0.15, 0.2) is 9.84 Å². The van der Waals surface area contributed by atoms with Crippen LogP contribution in [0.25, 0.3) is 0 Å². The van der Waals surface area contributed by atoms with Gasteiger partial charge in [0.2, 0.25) is 0 Å². The Kier molecular flexibility index (Phi) is 6.93. The number of benzene rings is 3. The number of hydrogen-bond donors (Lipinski definition) is 1. The number of carbonyl (C=O) groups excluding carboxylic acids is 1. The predicted molar refractivity (Wildman–Crippen MR) is 125 cm³/mol. The minimum Gasteiger partial charge on any atom is -0.494 e. The lowest BCUT2D eigenvalue weighted by Gasteiger charge is -2.18. The van der Waals surface area contributed by atoms with Crippen LogP contribution in [0.1, 0.15) is 34.8 Å². The Balaban J connectivity index is 1.39. The van der Waals surface area contributed by atoms with Crippen LogP contribution in [0.5, 0.6) is 11.5 Å². The molecule has 34 heavy (non-hydrogen) atoms. The van der Waals surface area contributed by atoms with E-state index in [1.165, 1.54) is 6.07 Å². The third-order valence-electron chi connectivity index (χ3n) is 5.24. The van der Waals surface area contributed by atoms with Crippen molar-refractivity contribution >= 4 is 21.5 Å². The van der Waals surface area contributed by atoms with E-state index in [1.807, 2.05) is 31.2 Å². The molecule has 3 aromatic rings. The van der Waals surface area contributed by atoms with Gasteiger partial charge < -0.3 is 9.47 Å². The van der Waals surface area contributed by atoms with Crippen LogP contribution in [0.15, 0.2) is 76.7 Å². The molecule has 1 amide bonds. The monoisotopic (exact) mass is 482 g/mol. The van der Waals surface area contributed by atoms with Crippen molar-refractivity contribution < 1.29 is 27.1 Å². The lowest BCUT2D eigenvalue weighted by Crippen LogP contribution is -2.26. The molecule has 0 atom stereocenters. The third-order valence-corrected chi connectivity index (χ3v) is 7.01. The highest BCUT2D eigenvalue weighted by Crippen LogP contribution is 2.26. The lowest BCUT2D eigenvalue weighted by molar-refractivity contribution is 0.0954. The minimum absolute atomic E-state index is 0.0185. The number of ether oxygens (including phenoxy) is 2. The molecule has 176 valence electrons. The number of nitrogens with one attached hydrogen (secondary N) is 1. The maximum Gasteiger partial charge on any atom is 0.271 e. The van der Waals surface area contributed by atoms with Crippen LogP contribution in [0.3, 0.4) is 0 Å². The summed E-state index contributed by atoms with van der Waals surface area (Å²) in [5.74, 6) is 0.295. The van der Waals surface area contributed by atoms with Gasteiger partial charge in [-0.3, -0.25) is 4.79 Å². The number of hydrogen-bond acceptors (Lipinski definition) is 6. The predicted octanol–water partition coefficient (Wildman–Crippen LogP) is 4.11. The fourth-order valence-corrected chi connectivity index (χ4v) is 4.96. The Hall–Kier alpha value is -3.72. The van der Waals surface area contributed by atoms with E-state index in [0.29, 0.717) is 30.2 Å². The van der Waals surface area contributed by atoms with Gasteiger partial charge in [-0.1, -0.05) is 12.1 Å². The van der Waals surface area contributed by atoms with Crippen molar-refractivity contribution in [1.82, 2.24) is 5.43 Å². The summed E-state index contributed by atoms with van der Waals surface area (Å²) >= 11 is 0. The first-order valence-electron chi connectivity index (χ1n) is 10.7. The molecule has 1 heterocycles. The number of rotatable bonds is 7. The molecule has 0 spiro atoms. The van der Waals surface area contributed by atoms with Gasteiger partial charge in [0.1, 0.15) is 23.9 Å². The summed E-state index contributed by atoms with van der Waals surface area (Å²) in [4.78, 5) is 12.5. The molecule has 0 bridgehead atoms. The minimum atomic E-state index is -3.50. The number of fused-ring (bicyclic) bond motifs is 1. The summed E-state index contributed by atoms with van der Waals surface area (Å²) in [5, 5.41) is 4.08. The van der Waals surface area contributed by atoms with Crippen LogP contribution in [0.2, 0.25) is 0 Å². The van der Waals surface area contributed by atoms with E-state index in [9.17, 15) is 17.6 Å². The van der Waals surface area contributed by atoms with E-state index >= 15 is 0 Å². The molecule has 4 rings (SSSR count). The van der Waals surface area contributed by atoms with Crippen LogP contribution < -0.4 is 14.9 Å². The van der Waals surface area contributed by atoms with Gasteiger partial charge in [0.25, 0.3) is 5.91 Å². The van der Waals surface area contributed by atoms with Crippen LogP contribution in [0.4, 0.5) is 4.39 Å². The maximum absolute atomic E-state index is 13.7. The number of amides is 1. The lowest BCUT2D eigenvalue weighted by atomic mass is 10.1. The number of carbonyl (C=O) groups is 1. The summed E-state index contributed by atoms with van der Waals surface area (Å²) in [6.45, 7) is 2.85. The standard InChI is InChI=1S/C25H23FN2O5S/c1-2-32-20-8-10-21(11-9-20)33-16-17-3-5-18(6-4-17)25(29)28-27-23-13-14-34(30,31)24-12-7-19(26)15-22(23)24/h3-12,15H,2,13-14,16H2,1H3,(H,28,29). The van der Waals surface area contributed by atoms with Crippen LogP contribution in [-0.2, 0) is 16.4 Å². The molecule has 0 saturated heterocycles. The van der Waals surface area contributed by atoms with Crippen LogP contribution in [0, 0.1) is 5.82 Å². The first kappa shape index (κ1) is 23.4. The SMILES string of the molecule is CCOc1ccc(OCc2ccc(C(=O)NN=C3CCS(=O)(=O)c4ccc(F)cc43)cc2)cc1. The van der Waals surface area contributed by atoms with Gasteiger partial charge in [-0.25, -0.2) is 18.2 Å². The molecular weight excluding hydrogens is 459 g/mol. The second-order valence-electron chi connectivity index (χ2n) is 7.60. The Morgan fingerprint density at radius 2 is 1.68 bits per heavy atom. The summed E-state index contributed by atoms with van der Waals surface area (Å²) in [5.41, 5.74) is 4.18. The van der Waals surface area contributed by atoms with Gasteiger partial charge in [-0.2, -0.15) is 5.10 Å². The number of nitrogens with zero attached hydrogens (tertiary/aromatic N) is 1. The molecule has 1 aliphatic heterocycles. The average molecular weight is 483 g/mol. The molecule has 1 aliphatic rings.